The first-order valence-electron chi connectivity index (χ1n) is 6.25. The van der Waals surface area contributed by atoms with Gasteiger partial charge in [-0.3, -0.25) is 0 Å². The number of nitrogens with one attached hydrogen (secondary N) is 1. The number of hydrogen-bond donors (Lipinski definition) is 3. The lowest BCUT2D eigenvalue weighted by molar-refractivity contribution is -0.0773. The second-order valence-corrected chi connectivity index (χ2v) is 4.91. The highest BCUT2D eigenvalue weighted by Gasteiger charge is 2.34. The average Bonchev–Trinajstić information content (AvgIpc) is 2.27. The van der Waals surface area contributed by atoms with Crippen LogP contribution in [0.15, 0.2) is 0 Å². The minimum Gasteiger partial charge on any atom is -0.392 e. The van der Waals surface area contributed by atoms with E-state index in [1.807, 2.05) is 13.8 Å². The SMILES string of the molecule is CCNC[C@H](O)C[C@@](C)(O)C1CCOCC1. The predicted octanol–water partition coefficient (Wildman–Crippen LogP) is 0.524. The van der Waals surface area contributed by atoms with Crippen molar-refractivity contribution in [1.82, 2.24) is 5.32 Å². The summed E-state index contributed by atoms with van der Waals surface area (Å²) in [5.74, 6) is 0.248. The lowest BCUT2D eigenvalue weighted by Crippen LogP contribution is -2.43. The van der Waals surface area contributed by atoms with Gasteiger partial charge in [-0.15, -0.1) is 0 Å². The average molecular weight is 231 g/mol. The smallest absolute Gasteiger partial charge is 0.0691 e. The van der Waals surface area contributed by atoms with Gasteiger partial charge in [-0.05, 0) is 32.2 Å². The molecule has 3 N–H and O–H groups in total. The van der Waals surface area contributed by atoms with Crippen LogP contribution >= 0.6 is 0 Å². The molecule has 0 radical (unpaired) electrons. The molecule has 96 valence electrons. The highest BCUT2D eigenvalue weighted by molar-refractivity contribution is 4.86. The fourth-order valence-electron chi connectivity index (χ4n) is 2.35. The van der Waals surface area contributed by atoms with E-state index < -0.39 is 11.7 Å². The molecule has 1 aliphatic rings. The first-order valence-corrected chi connectivity index (χ1v) is 6.25. The lowest BCUT2D eigenvalue weighted by Gasteiger charge is -2.36. The first kappa shape index (κ1) is 13.9. The third-order valence-electron chi connectivity index (χ3n) is 3.38. The van der Waals surface area contributed by atoms with Crippen molar-refractivity contribution >= 4 is 0 Å². The third kappa shape index (κ3) is 4.37. The summed E-state index contributed by atoms with van der Waals surface area (Å²) in [6.07, 6.45) is 1.74. The fraction of sp³-hybridized carbons (Fsp3) is 1.00. The predicted molar refractivity (Wildman–Crippen MR) is 63.3 cm³/mol. The normalized spacial score (nSPS) is 24.0. The van der Waals surface area contributed by atoms with Crippen LogP contribution in [0.2, 0.25) is 0 Å². The van der Waals surface area contributed by atoms with Gasteiger partial charge >= 0.3 is 0 Å². The zero-order valence-corrected chi connectivity index (χ0v) is 10.4. The van der Waals surface area contributed by atoms with Crippen LogP contribution in [0, 0.1) is 5.92 Å². The minimum atomic E-state index is -0.779. The Labute approximate surface area is 98.0 Å². The van der Waals surface area contributed by atoms with E-state index in [9.17, 15) is 10.2 Å². The highest BCUT2D eigenvalue weighted by atomic mass is 16.5. The zero-order chi connectivity index (χ0) is 12.0. The standard InChI is InChI=1S/C12H25NO3/c1-3-13-9-11(14)8-12(2,15)10-4-6-16-7-5-10/h10-11,13-15H,3-9H2,1-2H3/t11-,12-/m1/s1. The van der Waals surface area contributed by atoms with Gasteiger partial charge in [0.2, 0.25) is 0 Å². The van der Waals surface area contributed by atoms with Crippen LogP contribution in [0.4, 0.5) is 0 Å². The van der Waals surface area contributed by atoms with E-state index in [2.05, 4.69) is 5.32 Å². The summed E-state index contributed by atoms with van der Waals surface area (Å²) >= 11 is 0. The third-order valence-corrected chi connectivity index (χ3v) is 3.38. The van der Waals surface area contributed by atoms with Gasteiger partial charge in [0, 0.05) is 26.2 Å². The van der Waals surface area contributed by atoms with Crippen molar-refractivity contribution in [2.45, 2.75) is 44.8 Å². The Balaban J connectivity index is 2.36. The summed E-state index contributed by atoms with van der Waals surface area (Å²) in [4.78, 5) is 0. The number of hydrogen-bond acceptors (Lipinski definition) is 4. The van der Waals surface area contributed by atoms with E-state index in [1.54, 1.807) is 0 Å². The number of likely N-dealkylation sites (N-methyl/N-ethyl adjacent to an activating group) is 1. The molecule has 1 rings (SSSR count). The van der Waals surface area contributed by atoms with Crippen LogP contribution in [0.5, 0.6) is 0 Å². The Morgan fingerprint density at radius 3 is 2.62 bits per heavy atom. The molecule has 16 heavy (non-hydrogen) atoms. The van der Waals surface area contributed by atoms with E-state index in [-0.39, 0.29) is 5.92 Å². The summed E-state index contributed by atoms with van der Waals surface area (Å²) in [6.45, 7) is 6.68. The van der Waals surface area contributed by atoms with Crippen LogP contribution < -0.4 is 5.32 Å². The van der Waals surface area contributed by atoms with E-state index >= 15 is 0 Å². The highest BCUT2D eigenvalue weighted by Crippen LogP contribution is 2.30. The molecular formula is C12H25NO3. The molecule has 4 nitrogen and oxygen atoms in total. The monoisotopic (exact) mass is 231 g/mol. The summed E-state index contributed by atoms with van der Waals surface area (Å²) < 4.78 is 5.28. The van der Waals surface area contributed by atoms with Crippen molar-refractivity contribution in [3.05, 3.63) is 0 Å². The molecule has 0 unspecified atom stereocenters. The maximum absolute atomic E-state index is 10.4. The fourth-order valence-corrected chi connectivity index (χ4v) is 2.35. The molecule has 1 aliphatic heterocycles. The van der Waals surface area contributed by atoms with Crippen molar-refractivity contribution in [2.24, 2.45) is 5.92 Å². The van der Waals surface area contributed by atoms with E-state index in [0.29, 0.717) is 13.0 Å². The van der Waals surface area contributed by atoms with Crippen LogP contribution in [0.1, 0.15) is 33.1 Å². The molecule has 0 aromatic carbocycles. The molecule has 0 spiro atoms. The topological polar surface area (TPSA) is 61.7 Å². The van der Waals surface area contributed by atoms with Crippen LogP contribution in [-0.4, -0.2) is 48.2 Å². The van der Waals surface area contributed by atoms with Gasteiger partial charge < -0.3 is 20.3 Å². The van der Waals surface area contributed by atoms with Gasteiger partial charge in [0.25, 0.3) is 0 Å². The Bertz CT molecular complexity index is 191. The second kappa shape index (κ2) is 6.55. The first-order chi connectivity index (χ1) is 7.56. The largest absolute Gasteiger partial charge is 0.392 e. The van der Waals surface area contributed by atoms with E-state index in [1.165, 1.54) is 0 Å². The number of ether oxygens (including phenoxy) is 1. The molecule has 1 saturated heterocycles. The molecular weight excluding hydrogens is 206 g/mol. The number of aliphatic hydroxyl groups is 2. The quantitative estimate of drug-likeness (QED) is 0.624. The van der Waals surface area contributed by atoms with Crippen molar-refractivity contribution < 1.29 is 14.9 Å². The molecule has 0 aromatic rings. The van der Waals surface area contributed by atoms with Gasteiger partial charge in [-0.1, -0.05) is 6.92 Å². The van der Waals surface area contributed by atoms with Crippen LogP contribution in [-0.2, 0) is 4.74 Å². The summed E-state index contributed by atoms with van der Waals surface area (Å²) in [6, 6.07) is 0. The molecule has 1 heterocycles. The molecule has 0 bridgehead atoms. The van der Waals surface area contributed by atoms with Gasteiger partial charge in [0.15, 0.2) is 0 Å². The zero-order valence-electron chi connectivity index (χ0n) is 10.4. The number of rotatable bonds is 6. The molecule has 0 aromatic heterocycles. The van der Waals surface area contributed by atoms with E-state index in [0.717, 1.165) is 32.6 Å². The van der Waals surface area contributed by atoms with Crippen molar-refractivity contribution in [3.8, 4) is 0 Å². The van der Waals surface area contributed by atoms with Gasteiger partial charge in [-0.2, -0.15) is 0 Å². The second-order valence-electron chi connectivity index (χ2n) is 4.91. The Hall–Kier alpha value is -0.160. The molecule has 0 amide bonds. The van der Waals surface area contributed by atoms with Crippen molar-refractivity contribution in [1.29, 1.82) is 0 Å². The summed E-state index contributed by atoms with van der Waals surface area (Å²) in [5.41, 5.74) is -0.779. The molecule has 0 saturated carbocycles. The minimum absolute atomic E-state index is 0.248. The van der Waals surface area contributed by atoms with Gasteiger partial charge in [0.1, 0.15) is 0 Å². The summed E-state index contributed by atoms with van der Waals surface area (Å²) in [5, 5.41) is 23.2. The van der Waals surface area contributed by atoms with Crippen molar-refractivity contribution in [3.63, 3.8) is 0 Å². The van der Waals surface area contributed by atoms with Crippen LogP contribution in [0.3, 0.4) is 0 Å². The summed E-state index contributed by atoms with van der Waals surface area (Å²) in [7, 11) is 0. The number of aliphatic hydroxyl groups excluding tert-OH is 1. The Morgan fingerprint density at radius 1 is 1.44 bits per heavy atom. The maximum Gasteiger partial charge on any atom is 0.0691 e. The van der Waals surface area contributed by atoms with E-state index in [4.69, 9.17) is 4.74 Å². The molecule has 0 aliphatic carbocycles. The van der Waals surface area contributed by atoms with Gasteiger partial charge in [-0.25, -0.2) is 0 Å². The molecule has 1 fully saturated rings. The van der Waals surface area contributed by atoms with Crippen molar-refractivity contribution in [2.75, 3.05) is 26.3 Å². The molecule has 4 heteroatoms. The van der Waals surface area contributed by atoms with Crippen LogP contribution in [0.25, 0.3) is 0 Å². The molecule has 2 atom stereocenters. The Morgan fingerprint density at radius 2 is 2.06 bits per heavy atom. The maximum atomic E-state index is 10.4. The lowest BCUT2D eigenvalue weighted by atomic mass is 9.80. The Kier molecular flexibility index (Phi) is 5.69. The van der Waals surface area contributed by atoms with Gasteiger partial charge in [0.05, 0.1) is 11.7 Å².